The molecule has 0 aliphatic heterocycles. The largest absolute Gasteiger partial charge is 0.508 e. The summed E-state index contributed by atoms with van der Waals surface area (Å²) in [5.74, 6) is -25.3. The molecule has 0 unspecified atom stereocenters. The van der Waals surface area contributed by atoms with Crippen molar-refractivity contribution in [3.05, 3.63) is 29.8 Å². The van der Waals surface area contributed by atoms with Crippen LogP contribution in [0.25, 0.3) is 0 Å². The van der Waals surface area contributed by atoms with Crippen LogP contribution in [-0.4, -0.2) is 233 Å². The number of nitrogens with one attached hydrogen (secondary N) is 13. The molecule has 13 amide bonds. The number of carbonyl (C=O) groups excluding carboxylic acids is 13. The molecule has 1 rings (SSSR count). The zero-order chi connectivity index (χ0) is 80.1. The number of amides is 13. The highest BCUT2D eigenvalue weighted by molar-refractivity contribution is 6.01. The van der Waals surface area contributed by atoms with E-state index >= 15 is 0 Å². The zero-order valence-electron chi connectivity index (χ0n) is 60.4. The fraction of sp³-hybridized carbons (Fsp3) is 0.631. The van der Waals surface area contributed by atoms with Crippen molar-refractivity contribution in [2.45, 2.75) is 233 Å². The van der Waals surface area contributed by atoms with Crippen LogP contribution < -0.4 is 74.9 Å². The van der Waals surface area contributed by atoms with Crippen LogP contribution in [0.5, 0.6) is 5.75 Å². The van der Waals surface area contributed by atoms with Crippen LogP contribution >= 0.6 is 0 Å². The fourth-order valence-electron chi connectivity index (χ4n) is 9.68. The number of carboxylic acids is 5. The third-order valence-electron chi connectivity index (χ3n) is 15.7. The van der Waals surface area contributed by atoms with Crippen molar-refractivity contribution in [1.82, 2.24) is 69.1 Å². The van der Waals surface area contributed by atoms with Crippen LogP contribution in [0.15, 0.2) is 24.3 Å². The number of nitrogens with two attached hydrogens (primary N) is 1. The van der Waals surface area contributed by atoms with Gasteiger partial charge in [-0.3, -0.25) is 86.3 Å². The van der Waals surface area contributed by atoms with Crippen LogP contribution in [0.1, 0.15) is 141 Å². The van der Waals surface area contributed by atoms with Gasteiger partial charge in [-0.05, 0) is 87.8 Å². The van der Waals surface area contributed by atoms with Gasteiger partial charge in [-0.2, -0.15) is 0 Å². The van der Waals surface area contributed by atoms with Gasteiger partial charge in [0, 0.05) is 12.8 Å². The summed E-state index contributed by atoms with van der Waals surface area (Å²) < 4.78 is 0. The average molecular weight is 1480 g/mol. The molecule has 1 aromatic rings. The van der Waals surface area contributed by atoms with Gasteiger partial charge in [-0.1, -0.05) is 81.4 Å². The monoisotopic (exact) mass is 1480 g/mol. The van der Waals surface area contributed by atoms with Gasteiger partial charge >= 0.3 is 29.8 Å². The Bertz CT molecular complexity index is 3250. The van der Waals surface area contributed by atoms with E-state index in [2.05, 4.69) is 58.5 Å². The predicted octanol–water partition coefficient (Wildman–Crippen LogP) is -4.95. The number of hydrogen-bond acceptors (Lipinski definition) is 21. The summed E-state index contributed by atoms with van der Waals surface area (Å²) in [7, 11) is 0. The second-order valence-electron chi connectivity index (χ2n) is 26.8. The maximum absolute atomic E-state index is 14.4. The molecular weight excluding hydrogens is 1380 g/mol. The van der Waals surface area contributed by atoms with E-state index in [4.69, 9.17) is 10.8 Å². The van der Waals surface area contributed by atoms with E-state index < -0.39 is 253 Å². The molecule has 0 fully saturated rings. The topological polar surface area (TPSA) is 631 Å². The molecule has 0 radical (unpaired) electrons. The molecule has 1 aromatic carbocycles. The summed E-state index contributed by atoms with van der Waals surface area (Å²) in [5.41, 5.74) is 5.87. The summed E-state index contributed by atoms with van der Waals surface area (Å²) in [6, 6.07) is -17.3. The van der Waals surface area contributed by atoms with E-state index in [1.807, 2.05) is 10.6 Å². The number of aliphatic hydroxyl groups excluding tert-OH is 1. The van der Waals surface area contributed by atoms with Crippen molar-refractivity contribution in [2.75, 3.05) is 0 Å². The Balaban J connectivity index is 3.41. The lowest BCUT2D eigenvalue weighted by atomic mass is 9.97. The Morgan fingerprint density at radius 3 is 1.04 bits per heavy atom. The van der Waals surface area contributed by atoms with Gasteiger partial charge < -0.3 is 111 Å². The number of carbonyl (C=O) groups is 18. The number of hydrogen-bond donors (Lipinski definition) is 21. The van der Waals surface area contributed by atoms with Gasteiger partial charge in [0.15, 0.2) is 0 Å². The minimum Gasteiger partial charge on any atom is -0.508 e. The lowest BCUT2D eigenvalue weighted by molar-refractivity contribution is -0.144. The molecule has 104 heavy (non-hydrogen) atoms. The maximum atomic E-state index is 14.4. The summed E-state index contributed by atoms with van der Waals surface area (Å²) in [5, 5.41) is 98.2. The van der Waals surface area contributed by atoms with Crippen LogP contribution in [0.3, 0.4) is 0 Å². The Morgan fingerprint density at radius 1 is 0.337 bits per heavy atom. The highest BCUT2D eigenvalue weighted by atomic mass is 16.4. The molecule has 0 heterocycles. The number of aliphatic hydroxyl groups is 1. The van der Waals surface area contributed by atoms with E-state index in [1.54, 1.807) is 41.5 Å². The second-order valence-corrected chi connectivity index (χ2v) is 26.8. The van der Waals surface area contributed by atoms with Crippen molar-refractivity contribution in [1.29, 1.82) is 0 Å². The molecule has 39 nitrogen and oxygen atoms in total. The van der Waals surface area contributed by atoms with Crippen molar-refractivity contribution in [3.8, 4) is 5.75 Å². The number of carboxylic acid groups (broad SMARTS) is 5. The zero-order valence-corrected chi connectivity index (χ0v) is 60.4. The first-order valence-electron chi connectivity index (χ1n) is 33.3. The van der Waals surface area contributed by atoms with E-state index in [9.17, 15) is 117 Å². The molecule has 0 spiro atoms. The van der Waals surface area contributed by atoms with Gasteiger partial charge in [0.1, 0.15) is 84.3 Å². The molecule has 15 atom stereocenters. The molecule has 0 saturated carbocycles. The summed E-state index contributed by atoms with van der Waals surface area (Å²) in [4.78, 5) is 236. The van der Waals surface area contributed by atoms with E-state index in [1.165, 1.54) is 72.7 Å². The fourth-order valence-corrected chi connectivity index (χ4v) is 9.68. The molecule has 0 aromatic heterocycles. The highest BCUT2D eigenvalue weighted by Crippen LogP contribution is 2.16. The van der Waals surface area contributed by atoms with E-state index in [0.717, 1.165) is 6.92 Å². The maximum Gasteiger partial charge on any atom is 0.325 e. The van der Waals surface area contributed by atoms with Crippen LogP contribution in [0, 0.1) is 29.6 Å². The average Bonchev–Trinajstić information content (AvgIpc) is 1.41. The van der Waals surface area contributed by atoms with Crippen molar-refractivity contribution >= 4 is 107 Å². The summed E-state index contributed by atoms with van der Waals surface area (Å²) >= 11 is 0. The number of phenolic OH excluding ortho intramolecular Hbond substituents is 1. The molecular formula is C65H102N14O25. The Kier molecular flexibility index (Phi) is 38.1. The molecule has 0 bridgehead atoms. The quantitative estimate of drug-likeness (QED) is 0.0291. The van der Waals surface area contributed by atoms with Crippen molar-refractivity contribution < 1.29 is 122 Å². The van der Waals surface area contributed by atoms with Gasteiger partial charge in [0.25, 0.3) is 0 Å². The Labute approximate surface area is 599 Å². The lowest BCUT2D eigenvalue weighted by Crippen LogP contribution is -2.62. The van der Waals surface area contributed by atoms with Crippen molar-refractivity contribution in [2.24, 2.45) is 35.3 Å². The summed E-state index contributed by atoms with van der Waals surface area (Å²) in [6.07, 6.45) is -6.94. The third-order valence-corrected chi connectivity index (χ3v) is 15.7. The van der Waals surface area contributed by atoms with Gasteiger partial charge in [-0.25, -0.2) is 0 Å². The second kappa shape index (κ2) is 43.4. The number of aliphatic carboxylic acids is 5. The third kappa shape index (κ3) is 32.2. The number of aromatic hydroxyl groups is 1. The number of rotatable bonds is 45. The van der Waals surface area contributed by atoms with E-state index in [0.29, 0.717) is 5.56 Å². The first kappa shape index (κ1) is 91.4. The van der Waals surface area contributed by atoms with Gasteiger partial charge in [0.2, 0.25) is 76.8 Å². The predicted molar refractivity (Wildman–Crippen MR) is 364 cm³/mol. The standard InChI is InChI=1S/C65H102N14O25/c1-26(2)21-39(58(96)76-47(27(3)4)61(99)69-33(13)65(103)104)73-62(100)49(29(7)8)77-59(97)40(22-35-15-17-36(81)18-16-35)74-64(102)51(34(14)80)79-53(91)32(12)67-52(90)31(11)68-60(98)48(28(5)6)78-63(101)50(30(9)10)75-55(93)38(19-20-43(82)83)70-56(94)42(25-46(88)89)72-57(95)41(24-45(86)87)71-54(92)37(66)23-44(84)85/h15-18,26-34,37-42,47-51,80-81H,19-25,66H2,1-14H3,(H,67,90)(H,68,98)(H,69,99)(H,70,94)(H,71,92)(H,72,95)(H,73,100)(H,74,102)(H,75,93)(H,76,96)(H,77,97)(H,78,101)(H,79,91)(H,82,83)(H,84,85)(H,86,87)(H,88,89)(H,103,104)/t31-,32-,33-,34+,37-,38-,39-,40-,41-,42-,47-,48-,49-,50-,51-/m0/s1. The number of phenols is 1. The van der Waals surface area contributed by atoms with Crippen LogP contribution in [0.4, 0.5) is 0 Å². The summed E-state index contributed by atoms with van der Waals surface area (Å²) in [6.45, 7) is 20.4. The van der Waals surface area contributed by atoms with Crippen LogP contribution in [0.2, 0.25) is 0 Å². The minimum absolute atomic E-state index is 0.0397. The normalized spacial score (nSPS) is 15.6. The molecule has 39 heteroatoms. The Morgan fingerprint density at radius 2 is 0.644 bits per heavy atom. The van der Waals surface area contributed by atoms with Crippen LogP contribution in [-0.2, 0) is 92.7 Å². The van der Waals surface area contributed by atoms with E-state index in [-0.39, 0.29) is 24.5 Å². The highest BCUT2D eigenvalue weighted by Gasteiger charge is 2.40. The van der Waals surface area contributed by atoms with Gasteiger partial charge in [-0.15, -0.1) is 0 Å². The van der Waals surface area contributed by atoms with Crippen molar-refractivity contribution in [3.63, 3.8) is 0 Å². The molecule has 582 valence electrons. The minimum atomic E-state index is -2.17. The Hall–Kier alpha value is -10.6. The van der Waals surface area contributed by atoms with Gasteiger partial charge in [0.05, 0.1) is 31.4 Å². The lowest BCUT2D eigenvalue weighted by Gasteiger charge is -2.30. The first-order valence-corrected chi connectivity index (χ1v) is 33.3. The smallest absolute Gasteiger partial charge is 0.325 e. The molecule has 22 N–H and O–H groups in total. The number of benzene rings is 1. The molecule has 0 aliphatic carbocycles. The molecule has 0 saturated heterocycles. The first-order chi connectivity index (χ1) is 48.1. The SMILES string of the molecule is CC(C)C[C@H](NC(=O)[C@@H](NC(=O)[C@H](Cc1ccc(O)cc1)NC(=O)[C@@H](NC(=O)[C@H](C)NC(=O)[C@H](C)NC(=O)[C@@H](NC(=O)[C@@H](NC(=O)[C@H](CCC(=O)O)NC(=O)[C@H](CC(=O)O)NC(=O)[C@H](CC(=O)O)NC(=O)[C@@H](N)CC(=O)O)C(C)C)C(C)C)[C@@H](C)O)C(C)C)C(=O)N[C@H](C(=O)N[C@@H](C)C(=O)O)C(C)C. The molecule has 0 aliphatic rings.